The summed E-state index contributed by atoms with van der Waals surface area (Å²) < 4.78 is 0.994. The third-order valence-corrected chi connectivity index (χ3v) is 5.17. The molecular formula is C19H19IN2O2. The van der Waals surface area contributed by atoms with Gasteiger partial charge in [-0.05, 0) is 46.7 Å². The number of nitrogens with zero attached hydrogens (tertiary/aromatic N) is 1. The Labute approximate surface area is 155 Å². The monoisotopic (exact) mass is 434 g/mol. The molecule has 0 unspecified atom stereocenters. The molecule has 1 aliphatic heterocycles. The van der Waals surface area contributed by atoms with Crippen molar-refractivity contribution in [3.05, 3.63) is 63.7 Å². The molecule has 1 N–H and O–H groups in total. The summed E-state index contributed by atoms with van der Waals surface area (Å²) in [5.41, 5.74) is 2.01. The molecule has 2 aromatic rings. The van der Waals surface area contributed by atoms with E-state index in [4.69, 9.17) is 0 Å². The van der Waals surface area contributed by atoms with Gasteiger partial charge in [0.25, 0.3) is 0 Å². The van der Waals surface area contributed by atoms with Crippen molar-refractivity contribution >= 4 is 40.1 Å². The molecule has 1 heterocycles. The van der Waals surface area contributed by atoms with Crippen LogP contribution in [0.3, 0.4) is 0 Å². The van der Waals surface area contributed by atoms with Crippen LogP contribution in [0.2, 0.25) is 0 Å². The van der Waals surface area contributed by atoms with Crippen molar-refractivity contribution in [2.75, 3.05) is 18.4 Å². The van der Waals surface area contributed by atoms with Crippen LogP contribution in [0.1, 0.15) is 12.0 Å². The van der Waals surface area contributed by atoms with Crippen LogP contribution in [0, 0.1) is 9.49 Å². The Morgan fingerprint density at radius 1 is 1.12 bits per heavy atom. The van der Waals surface area contributed by atoms with E-state index in [1.807, 2.05) is 42.5 Å². The molecule has 1 atom stereocenters. The number of anilines is 1. The second-order valence-electron chi connectivity index (χ2n) is 5.95. The van der Waals surface area contributed by atoms with Crippen LogP contribution in [-0.4, -0.2) is 29.8 Å². The highest BCUT2D eigenvalue weighted by atomic mass is 127. The average molecular weight is 434 g/mol. The van der Waals surface area contributed by atoms with Crippen LogP contribution in [-0.2, 0) is 16.0 Å². The van der Waals surface area contributed by atoms with Gasteiger partial charge in [-0.2, -0.15) is 0 Å². The fraction of sp³-hybridized carbons (Fsp3) is 0.263. The number of carbonyl (C=O) groups excluding carboxylic acids is 2. The minimum Gasteiger partial charge on any atom is -0.342 e. The molecule has 24 heavy (non-hydrogen) atoms. The Morgan fingerprint density at radius 3 is 2.58 bits per heavy atom. The number of likely N-dealkylation sites (tertiary alicyclic amines) is 1. The summed E-state index contributed by atoms with van der Waals surface area (Å²) in [6.45, 7) is 1.16. The van der Waals surface area contributed by atoms with Gasteiger partial charge in [-0.25, -0.2) is 0 Å². The highest BCUT2D eigenvalue weighted by molar-refractivity contribution is 14.1. The summed E-state index contributed by atoms with van der Waals surface area (Å²) in [5, 5.41) is 2.94. The van der Waals surface area contributed by atoms with Crippen molar-refractivity contribution in [1.29, 1.82) is 0 Å². The molecule has 0 spiro atoms. The quantitative estimate of drug-likeness (QED) is 0.735. The molecule has 5 heteroatoms. The maximum atomic E-state index is 12.4. The Morgan fingerprint density at radius 2 is 1.83 bits per heavy atom. The van der Waals surface area contributed by atoms with Crippen LogP contribution >= 0.6 is 22.6 Å². The van der Waals surface area contributed by atoms with Gasteiger partial charge in [0.05, 0.1) is 11.6 Å². The van der Waals surface area contributed by atoms with E-state index in [0.29, 0.717) is 19.5 Å². The fourth-order valence-electron chi connectivity index (χ4n) is 2.87. The van der Waals surface area contributed by atoms with Gasteiger partial charge in [0.2, 0.25) is 11.8 Å². The minimum atomic E-state index is -0.274. The van der Waals surface area contributed by atoms with Crippen molar-refractivity contribution in [1.82, 2.24) is 4.90 Å². The van der Waals surface area contributed by atoms with Crippen molar-refractivity contribution in [2.45, 2.75) is 12.8 Å². The number of nitrogens with one attached hydrogen (secondary N) is 1. The lowest BCUT2D eigenvalue weighted by atomic mass is 10.1. The number of amides is 2. The van der Waals surface area contributed by atoms with Gasteiger partial charge < -0.3 is 10.2 Å². The molecule has 1 fully saturated rings. The molecule has 124 valence electrons. The van der Waals surface area contributed by atoms with Crippen LogP contribution < -0.4 is 5.32 Å². The second kappa shape index (κ2) is 7.79. The van der Waals surface area contributed by atoms with Gasteiger partial charge in [-0.15, -0.1) is 0 Å². The highest BCUT2D eigenvalue weighted by Gasteiger charge is 2.34. The molecule has 0 saturated carbocycles. The summed E-state index contributed by atoms with van der Waals surface area (Å²) in [6, 6.07) is 17.7. The van der Waals surface area contributed by atoms with Crippen molar-refractivity contribution in [3.63, 3.8) is 0 Å². The Kier molecular flexibility index (Phi) is 5.50. The van der Waals surface area contributed by atoms with Gasteiger partial charge in [0.1, 0.15) is 0 Å². The molecule has 3 rings (SSSR count). The van der Waals surface area contributed by atoms with E-state index in [9.17, 15) is 9.59 Å². The Balaban J connectivity index is 1.56. The largest absolute Gasteiger partial charge is 0.342 e. The summed E-state index contributed by atoms with van der Waals surface area (Å²) in [6.07, 6.45) is 1.11. The molecule has 2 aromatic carbocycles. The third-order valence-electron chi connectivity index (χ3n) is 4.23. The van der Waals surface area contributed by atoms with Crippen LogP contribution in [0.25, 0.3) is 0 Å². The van der Waals surface area contributed by atoms with Crippen LogP contribution in [0.15, 0.2) is 54.6 Å². The van der Waals surface area contributed by atoms with Gasteiger partial charge in [-0.3, -0.25) is 9.59 Å². The van der Waals surface area contributed by atoms with Crippen molar-refractivity contribution in [3.8, 4) is 0 Å². The SMILES string of the molecule is O=C(Nc1ccccc1I)[C@H]1CC(=O)N(CCc2ccccc2)C1. The number of para-hydroxylation sites is 1. The zero-order valence-electron chi connectivity index (χ0n) is 13.2. The summed E-state index contributed by atoms with van der Waals surface area (Å²) in [4.78, 5) is 26.4. The molecule has 0 radical (unpaired) electrons. The van der Waals surface area contributed by atoms with Gasteiger partial charge in [0.15, 0.2) is 0 Å². The van der Waals surface area contributed by atoms with Gasteiger partial charge in [0, 0.05) is 23.1 Å². The van der Waals surface area contributed by atoms with Crippen LogP contribution in [0.4, 0.5) is 5.69 Å². The maximum Gasteiger partial charge on any atom is 0.229 e. The first-order valence-electron chi connectivity index (χ1n) is 8.00. The lowest BCUT2D eigenvalue weighted by Crippen LogP contribution is -2.30. The zero-order chi connectivity index (χ0) is 16.9. The first kappa shape index (κ1) is 17.0. The zero-order valence-corrected chi connectivity index (χ0v) is 15.4. The summed E-state index contributed by atoms with van der Waals surface area (Å²) >= 11 is 2.19. The summed E-state index contributed by atoms with van der Waals surface area (Å²) in [7, 11) is 0. The molecule has 0 aromatic heterocycles. The number of rotatable bonds is 5. The van der Waals surface area contributed by atoms with Gasteiger partial charge >= 0.3 is 0 Å². The number of hydrogen-bond acceptors (Lipinski definition) is 2. The molecular weight excluding hydrogens is 415 g/mol. The fourth-order valence-corrected chi connectivity index (χ4v) is 3.39. The smallest absolute Gasteiger partial charge is 0.229 e. The summed E-state index contributed by atoms with van der Waals surface area (Å²) in [5.74, 6) is -0.284. The Bertz CT molecular complexity index is 733. The van der Waals surface area contributed by atoms with Crippen molar-refractivity contribution in [2.24, 2.45) is 5.92 Å². The lowest BCUT2D eigenvalue weighted by molar-refractivity contribution is -0.128. The first-order valence-corrected chi connectivity index (χ1v) is 9.08. The standard InChI is InChI=1S/C19H19IN2O2/c20-16-8-4-5-9-17(16)21-19(24)15-12-18(23)22(13-15)11-10-14-6-2-1-3-7-14/h1-9,15H,10-13H2,(H,21,24)/t15-/m0/s1. The van der Waals surface area contributed by atoms with E-state index in [0.717, 1.165) is 15.7 Å². The second-order valence-corrected chi connectivity index (χ2v) is 7.11. The number of benzene rings is 2. The van der Waals surface area contributed by atoms with E-state index < -0.39 is 0 Å². The number of carbonyl (C=O) groups is 2. The number of hydrogen-bond donors (Lipinski definition) is 1. The molecule has 0 aliphatic carbocycles. The third kappa shape index (κ3) is 4.14. The minimum absolute atomic E-state index is 0.0637. The topological polar surface area (TPSA) is 49.4 Å². The maximum absolute atomic E-state index is 12.4. The van der Waals surface area contributed by atoms with E-state index in [1.165, 1.54) is 5.56 Å². The number of halogens is 1. The molecule has 2 amide bonds. The average Bonchev–Trinajstić information content (AvgIpc) is 2.97. The predicted molar refractivity (Wildman–Crippen MR) is 103 cm³/mol. The van der Waals surface area contributed by atoms with E-state index >= 15 is 0 Å². The molecule has 1 saturated heterocycles. The van der Waals surface area contributed by atoms with E-state index in [1.54, 1.807) is 4.90 Å². The first-order chi connectivity index (χ1) is 11.6. The molecule has 4 nitrogen and oxygen atoms in total. The van der Waals surface area contributed by atoms with Crippen molar-refractivity contribution < 1.29 is 9.59 Å². The van der Waals surface area contributed by atoms with Crippen LogP contribution in [0.5, 0.6) is 0 Å². The Hall–Kier alpha value is -1.89. The lowest BCUT2D eigenvalue weighted by Gasteiger charge is -2.16. The highest BCUT2D eigenvalue weighted by Crippen LogP contribution is 2.22. The predicted octanol–water partition coefficient (Wildman–Crippen LogP) is 3.32. The van der Waals surface area contributed by atoms with E-state index in [2.05, 4.69) is 40.0 Å². The molecule has 1 aliphatic rings. The van der Waals surface area contributed by atoms with Gasteiger partial charge in [-0.1, -0.05) is 42.5 Å². The van der Waals surface area contributed by atoms with E-state index in [-0.39, 0.29) is 17.7 Å². The molecule has 0 bridgehead atoms. The normalized spacial score (nSPS) is 17.1.